The van der Waals surface area contributed by atoms with Gasteiger partial charge in [-0.2, -0.15) is 4.99 Å². The van der Waals surface area contributed by atoms with Gasteiger partial charge in [-0.25, -0.2) is 4.79 Å². The molecular weight excluding hydrogens is 340 g/mol. The normalized spacial score (nSPS) is 11.3. The Morgan fingerprint density at radius 3 is 2.40 bits per heavy atom. The lowest BCUT2D eigenvalue weighted by Gasteiger charge is -2.03. The van der Waals surface area contributed by atoms with Gasteiger partial charge in [0.15, 0.2) is 0 Å². The third-order valence-corrected chi connectivity index (χ3v) is 4.28. The molecule has 0 bridgehead atoms. The highest BCUT2D eigenvalue weighted by molar-refractivity contribution is 7.12. The van der Waals surface area contributed by atoms with Crippen molar-refractivity contribution in [3.8, 4) is 0 Å². The summed E-state index contributed by atoms with van der Waals surface area (Å²) < 4.78 is 1.60. The van der Waals surface area contributed by atoms with Gasteiger partial charge in [0.05, 0.1) is 17.7 Å². The molecule has 2 aromatic carbocycles. The molecule has 0 aliphatic carbocycles. The maximum atomic E-state index is 12.1. The summed E-state index contributed by atoms with van der Waals surface area (Å²) in [4.78, 5) is 26.9. The molecule has 3 rings (SSSR count). The number of urea groups is 1. The first-order chi connectivity index (χ1) is 12.1. The molecule has 0 aliphatic rings. The van der Waals surface area contributed by atoms with E-state index in [0.29, 0.717) is 12.2 Å². The number of hydrogen-bond donors (Lipinski definition) is 1. The highest BCUT2D eigenvalue weighted by Gasteiger charge is 2.13. The summed E-state index contributed by atoms with van der Waals surface area (Å²) in [6.45, 7) is 0.391. The minimum Gasteiger partial charge on any atom is -0.312 e. The molecule has 0 saturated heterocycles. The fourth-order valence-corrected chi connectivity index (χ4v) is 3.00. The molecule has 1 N–H and O–H groups in total. The number of carbonyl (C=O) groups is 1. The Balaban J connectivity index is 1.90. The lowest BCUT2D eigenvalue weighted by Crippen LogP contribution is -2.19. The van der Waals surface area contributed by atoms with E-state index in [4.69, 9.17) is 0 Å². The van der Waals surface area contributed by atoms with Crippen LogP contribution in [0.3, 0.4) is 0 Å². The van der Waals surface area contributed by atoms with E-state index in [0.717, 1.165) is 16.9 Å². The van der Waals surface area contributed by atoms with Gasteiger partial charge in [-0.05, 0) is 29.0 Å². The largest absolute Gasteiger partial charge is 0.348 e. The Kier molecular flexibility index (Phi) is 5.00. The molecule has 25 heavy (non-hydrogen) atoms. The van der Waals surface area contributed by atoms with Gasteiger partial charge in [-0.15, -0.1) is 0 Å². The predicted octanol–water partition coefficient (Wildman–Crippen LogP) is 3.64. The topological polar surface area (TPSA) is 89.5 Å². The summed E-state index contributed by atoms with van der Waals surface area (Å²) in [5.41, 5.74) is 1.57. The monoisotopic (exact) mass is 354 g/mol. The van der Waals surface area contributed by atoms with E-state index in [2.05, 4.69) is 10.3 Å². The molecule has 0 fully saturated rings. The van der Waals surface area contributed by atoms with E-state index in [1.54, 1.807) is 28.8 Å². The summed E-state index contributed by atoms with van der Waals surface area (Å²) in [7, 11) is 0. The van der Waals surface area contributed by atoms with Crippen LogP contribution in [0.1, 0.15) is 5.56 Å². The zero-order valence-electron chi connectivity index (χ0n) is 13.0. The van der Waals surface area contributed by atoms with Crippen LogP contribution < -0.4 is 10.1 Å². The number of para-hydroxylation sites is 1. The second-order valence-electron chi connectivity index (χ2n) is 5.13. The van der Waals surface area contributed by atoms with Gasteiger partial charge in [-0.1, -0.05) is 48.5 Å². The van der Waals surface area contributed by atoms with Crippen LogP contribution in [0.15, 0.2) is 71.9 Å². The van der Waals surface area contributed by atoms with Crippen LogP contribution in [-0.4, -0.2) is 15.5 Å². The maximum Gasteiger partial charge on any atom is 0.348 e. The highest BCUT2D eigenvalue weighted by atomic mass is 32.1. The minimum atomic E-state index is -0.579. The van der Waals surface area contributed by atoms with Gasteiger partial charge in [0.2, 0.25) is 4.80 Å². The Morgan fingerprint density at radius 2 is 1.76 bits per heavy atom. The fourth-order valence-electron chi connectivity index (χ4n) is 2.19. The molecule has 0 aliphatic heterocycles. The molecular formula is C17H14N4O3S. The average Bonchev–Trinajstić information content (AvgIpc) is 2.99. The zero-order valence-corrected chi connectivity index (χ0v) is 13.8. The van der Waals surface area contributed by atoms with Gasteiger partial charge >= 0.3 is 11.0 Å². The van der Waals surface area contributed by atoms with E-state index in [9.17, 15) is 14.9 Å². The number of nitrogens with zero attached hydrogens (tertiary/aromatic N) is 3. The highest BCUT2D eigenvalue weighted by Crippen LogP contribution is 2.15. The molecule has 3 aromatic rings. The maximum absolute atomic E-state index is 12.1. The lowest BCUT2D eigenvalue weighted by atomic mass is 10.2. The number of anilines is 1. The number of nitro groups is 1. The molecule has 1 heterocycles. The van der Waals surface area contributed by atoms with Crippen LogP contribution in [0, 0.1) is 10.1 Å². The summed E-state index contributed by atoms with van der Waals surface area (Å²) in [5.74, 6) is 0. The second kappa shape index (κ2) is 7.54. The van der Waals surface area contributed by atoms with Crippen LogP contribution in [0.2, 0.25) is 0 Å². The second-order valence-corrected chi connectivity index (χ2v) is 6.12. The molecule has 1 aromatic heterocycles. The first-order valence-corrected chi connectivity index (χ1v) is 8.23. The molecule has 7 nitrogen and oxygen atoms in total. The molecule has 2 amide bonds. The van der Waals surface area contributed by atoms with Crippen molar-refractivity contribution in [2.45, 2.75) is 6.54 Å². The minimum absolute atomic E-state index is 0.0674. The van der Waals surface area contributed by atoms with Crippen molar-refractivity contribution >= 4 is 28.1 Å². The number of nitrogens with one attached hydrogen (secondary N) is 1. The Hall–Kier alpha value is -3.26. The molecule has 0 radical (unpaired) electrons. The SMILES string of the molecule is O=C(N=c1sc([N+](=O)[O-])cn1Cc1ccccc1)Nc1ccccc1. The van der Waals surface area contributed by atoms with E-state index < -0.39 is 11.0 Å². The molecule has 0 atom stereocenters. The van der Waals surface area contributed by atoms with E-state index in [-0.39, 0.29) is 9.80 Å². The Bertz CT molecular complexity index is 949. The van der Waals surface area contributed by atoms with Crippen molar-refractivity contribution in [2.75, 3.05) is 5.32 Å². The summed E-state index contributed by atoms with van der Waals surface area (Å²) in [6.07, 6.45) is 1.40. The van der Waals surface area contributed by atoms with Crippen LogP contribution in [0.4, 0.5) is 15.5 Å². The average molecular weight is 354 g/mol. The quantitative estimate of drug-likeness (QED) is 0.573. The van der Waals surface area contributed by atoms with Gasteiger partial charge in [0.1, 0.15) is 0 Å². The Morgan fingerprint density at radius 1 is 1.12 bits per heavy atom. The first-order valence-electron chi connectivity index (χ1n) is 7.41. The van der Waals surface area contributed by atoms with Gasteiger partial charge < -0.3 is 9.88 Å². The smallest absolute Gasteiger partial charge is 0.312 e. The van der Waals surface area contributed by atoms with Crippen molar-refractivity contribution in [3.63, 3.8) is 0 Å². The molecule has 0 unspecified atom stereocenters. The first kappa shape index (κ1) is 16.6. The fraction of sp³-hybridized carbons (Fsp3) is 0.0588. The van der Waals surface area contributed by atoms with Crippen LogP contribution in [-0.2, 0) is 6.54 Å². The number of aromatic nitrogens is 1. The lowest BCUT2D eigenvalue weighted by molar-refractivity contribution is -0.380. The summed E-state index contributed by atoms with van der Waals surface area (Å²) in [6, 6.07) is 17.8. The van der Waals surface area contributed by atoms with Crippen LogP contribution >= 0.6 is 11.3 Å². The number of thiazole rings is 1. The summed E-state index contributed by atoms with van der Waals surface area (Å²) in [5, 5.41) is 13.6. The number of carbonyl (C=O) groups excluding carboxylic acids is 1. The molecule has 0 saturated carbocycles. The van der Waals surface area contributed by atoms with E-state index >= 15 is 0 Å². The number of rotatable bonds is 4. The van der Waals surface area contributed by atoms with Gasteiger partial charge in [0, 0.05) is 5.69 Å². The molecule has 8 heteroatoms. The van der Waals surface area contributed by atoms with Crippen LogP contribution in [0.5, 0.6) is 0 Å². The van der Waals surface area contributed by atoms with Crippen molar-refractivity contribution < 1.29 is 9.72 Å². The van der Waals surface area contributed by atoms with Crippen molar-refractivity contribution in [1.29, 1.82) is 0 Å². The molecule has 0 spiro atoms. The van der Waals surface area contributed by atoms with Crippen molar-refractivity contribution in [2.24, 2.45) is 4.99 Å². The zero-order chi connectivity index (χ0) is 17.6. The number of hydrogen-bond acceptors (Lipinski definition) is 4. The third kappa shape index (κ3) is 4.39. The molecule has 126 valence electrons. The van der Waals surface area contributed by atoms with Crippen LogP contribution in [0.25, 0.3) is 0 Å². The van der Waals surface area contributed by atoms with Gasteiger partial charge in [-0.3, -0.25) is 10.1 Å². The standard InChI is InChI=1S/C17H14N4O3S/c22-16(18-14-9-5-2-6-10-14)19-17-20(12-15(25-17)21(23)24)11-13-7-3-1-4-8-13/h1-10,12H,11H2,(H,18,22). The van der Waals surface area contributed by atoms with Gasteiger partial charge in [0.25, 0.3) is 0 Å². The predicted molar refractivity (Wildman–Crippen MR) is 95.5 cm³/mol. The van der Waals surface area contributed by atoms with E-state index in [1.807, 2.05) is 36.4 Å². The van der Waals surface area contributed by atoms with Crippen molar-refractivity contribution in [3.05, 3.63) is 87.3 Å². The number of benzene rings is 2. The summed E-state index contributed by atoms with van der Waals surface area (Å²) >= 11 is 0.862. The van der Waals surface area contributed by atoms with Crippen molar-refractivity contribution in [1.82, 2.24) is 4.57 Å². The number of amides is 2. The third-order valence-electron chi connectivity index (χ3n) is 3.31. The Labute approximate surface area is 147 Å². The van der Waals surface area contributed by atoms with E-state index in [1.165, 1.54) is 6.20 Å².